The number of fused-ring (bicyclic) bond motifs is 1. The maximum Gasteiger partial charge on any atom is 0.256 e. The van der Waals surface area contributed by atoms with Gasteiger partial charge in [-0.1, -0.05) is 12.1 Å². The summed E-state index contributed by atoms with van der Waals surface area (Å²) < 4.78 is 27.6. The van der Waals surface area contributed by atoms with E-state index in [1.165, 1.54) is 39.9 Å². The van der Waals surface area contributed by atoms with Crippen LogP contribution in [-0.2, 0) is 10.0 Å². The van der Waals surface area contributed by atoms with E-state index in [0.29, 0.717) is 10.6 Å². The van der Waals surface area contributed by atoms with Crippen LogP contribution < -0.4 is 5.32 Å². The van der Waals surface area contributed by atoms with Crippen molar-refractivity contribution in [1.29, 1.82) is 0 Å². The molecule has 2 aromatic heterocycles. The van der Waals surface area contributed by atoms with E-state index in [4.69, 9.17) is 0 Å². The zero-order chi connectivity index (χ0) is 22.2. The van der Waals surface area contributed by atoms with Crippen LogP contribution in [0.3, 0.4) is 0 Å². The normalized spacial score (nSPS) is 12.0. The fourth-order valence-corrected chi connectivity index (χ4v) is 6.17. The molecule has 160 valence electrons. The number of rotatable bonds is 6. The summed E-state index contributed by atoms with van der Waals surface area (Å²) in [4.78, 5) is 17.6. The van der Waals surface area contributed by atoms with Crippen LogP contribution in [0.5, 0.6) is 0 Å². The van der Waals surface area contributed by atoms with Crippen molar-refractivity contribution < 1.29 is 13.2 Å². The van der Waals surface area contributed by atoms with E-state index in [2.05, 4.69) is 10.3 Å². The van der Waals surface area contributed by atoms with Gasteiger partial charge in [0.15, 0.2) is 0 Å². The van der Waals surface area contributed by atoms with Gasteiger partial charge in [-0.05, 0) is 61.7 Å². The van der Waals surface area contributed by atoms with Gasteiger partial charge in [-0.2, -0.15) is 4.31 Å². The SMILES string of the molecule is CC(C)N(C)S(=O)(=O)c1ccc(C(=O)Nc2sccc2-c2nc3ccccc3s2)cc1. The molecule has 0 aliphatic rings. The lowest BCUT2D eigenvalue weighted by Gasteiger charge is -2.21. The van der Waals surface area contributed by atoms with Crippen molar-refractivity contribution in [3.8, 4) is 10.6 Å². The number of thiazole rings is 1. The van der Waals surface area contributed by atoms with Crippen LogP contribution in [0.2, 0.25) is 0 Å². The Labute approximate surface area is 189 Å². The lowest BCUT2D eigenvalue weighted by atomic mass is 10.2. The first-order valence-electron chi connectivity index (χ1n) is 9.60. The van der Waals surface area contributed by atoms with Crippen LogP contribution in [0.4, 0.5) is 5.00 Å². The Kier molecular flexibility index (Phi) is 5.94. The summed E-state index contributed by atoms with van der Waals surface area (Å²) in [6, 6.07) is 15.7. The second-order valence-electron chi connectivity index (χ2n) is 7.24. The van der Waals surface area contributed by atoms with Crippen molar-refractivity contribution in [3.63, 3.8) is 0 Å². The Morgan fingerprint density at radius 3 is 2.45 bits per heavy atom. The topological polar surface area (TPSA) is 79.4 Å². The minimum absolute atomic E-state index is 0.159. The first-order chi connectivity index (χ1) is 14.8. The van der Waals surface area contributed by atoms with E-state index in [0.717, 1.165) is 20.8 Å². The van der Waals surface area contributed by atoms with Gasteiger partial charge in [-0.15, -0.1) is 22.7 Å². The molecule has 0 atom stereocenters. The number of hydrogen-bond acceptors (Lipinski definition) is 6. The van der Waals surface area contributed by atoms with E-state index in [1.54, 1.807) is 18.4 Å². The number of hydrogen-bond donors (Lipinski definition) is 1. The van der Waals surface area contributed by atoms with E-state index in [9.17, 15) is 13.2 Å². The highest BCUT2D eigenvalue weighted by Crippen LogP contribution is 2.37. The number of nitrogens with zero attached hydrogens (tertiary/aromatic N) is 2. The van der Waals surface area contributed by atoms with Crippen LogP contribution in [0, 0.1) is 0 Å². The minimum Gasteiger partial charge on any atom is -0.313 e. The number of thiophene rings is 1. The fraction of sp³-hybridized carbons (Fsp3) is 0.182. The molecule has 1 N–H and O–H groups in total. The summed E-state index contributed by atoms with van der Waals surface area (Å²) in [5, 5.41) is 6.40. The number of nitrogens with one attached hydrogen (secondary N) is 1. The summed E-state index contributed by atoms with van der Waals surface area (Å²) in [6.45, 7) is 3.62. The van der Waals surface area contributed by atoms with Crippen LogP contribution in [0.1, 0.15) is 24.2 Å². The van der Waals surface area contributed by atoms with E-state index < -0.39 is 10.0 Å². The van der Waals surface area contributed by atoms with Crippen molar-refractivity contribution >= 4 is 53.8 Å². The molecule has 0 aliphatic carbocycles. The van der Waals surface area contributed by atoms with Gasteiger partial charge < -0.3 is 5.32 Å². The lowest BCUT2D eigenvalue weighted by molar-refractivity contribution is 0.102. The van der Waals surface area contributed by atoms with Crippen molar-refractivity contribution in [2.24, 2.45) is 0 Å². The first-order valence-corrected chi connectivity index (χ1v) is 12.7. The van der Waals surface area contributed by atoms with Gasteiger partial charge in [0.05, 0.1) is 15.1 Å². The minimum atomic E-state index is -3.59. The second-order valence-corrected chi connectivity index (χ2v) is 11.2. The van der Waals surface area contributed by atoms with Gasteiger partial charge in [-0.3, -0.25) is 4.79 Å². The molecular weight excluding hydrogens is 450 g/mol. The molecule has 0 aliphatic heterocycles. The highest BCUT2D eigenvalue weighted by Gasteiger charge is 2.23. The summed E-state index contributed by atoms with van der Waals surface area (Å²) in [7, 11) is -2.05. The molecule has 0 saturated heterocycles. The molecular formula is C22H21N3O3S3. The number of anilines is 1. The average Bonchev–Trinajstić information content (AvgIpc) is 3.39. The predicted molar refractivity (Wildman–Crippen MR) is 127 cm³/mol. The second kappa shape index (κ2) is 8.51. The predicted octanol–water partition coefficient (Wildman–Crippen LogP) is 5.31. The Hall–Kier alpha value is -2.59. The maximum atomic E-state index is 12.8. The highest BCUT2D eigenvalue weighted by atomic mass is 32.2. The Bertz CT molecular complexity index is 1310. The van der Waals surface area contributed by atoms with Gasteiger partial charge in [0.1, 0.15) is 10.0 Å². The van der Waals surface area contributed by atoms with Gasteiger partial charge in [0.2, 0.25) is 10.0 Å². The molecule has 2 heterocycles. The molecule has 0 radical (unpaired) electrons. The van der Waals surface area contributed by atoms with Gasteiger partial charge in [0.25, 0.3) is 5.91 Å². The zero-order valence-corrected chi connectivity index (χ0v) is 19.6. The number of carbonyl (C=O) groups excluding carboxylic acids is 1. The molecule has 31 heavy (non-hydrogen) atoms. The molecule has 0 unspecified atom stereocenters. The monoisotopic (exact) mass is 471 g/mol. The Morgan fingerprint density at radius 2 is 1.77 bits per heavy atom. The van der Waals surface area contributed by atoms with Crippen molar-refractivity contribution in [1.82, 2.24) is 9.29 Å². The molecule has 4 rings (SSSR count). The van der Waals surface area contributed by atoms with Crippen LogP contribution >= 0.6 is 22.7 Å². The van der Waals surface area contributed by atoms with Crippen LogP contribution in [-0.4, -0.2) is 36.7 Å². The molecule has 0 bridgehead atoms. The van der Waals surface area contributed by atoms with E-state index in [-0.39, 0.29) is 16.8 Å². The summed E-state index contributed by atoms with van der Waals surface area (Å²) >= 11 is 3.00. The molecule has 9 heteroatoms. The molecule has 0 fully saturated rings. The average molecular weight is 472 g/mol. The highest BCUT2D eigenvalue weighted by molar-refractivity contribution is 7.89. The number of aromatic nitrogens is 1. The van der Waals surface area contributed by atoms with Gasteiger partial charge in [0, 0.05) is 24.2 Å². The molecule has 4 aromatic rings. The largest absolute Gasteiger partial charge is 0.313 e. The van der Waals surface area contributed by atoms with Crippen molar-refractivity contribution in [2.45, 2.75) is 24.8 Å². The number of amides is 1. The van der Waals surface area contributed by atoms with E-state index >= 15 is 0 Å². The van der Waals surface area contributed by atoms with E-state index in [1.807, 2.05) is 49.6 Å². The zero-order valence-electron chi connectivity index (χ0n) is 17.2. The Balaban J connectivity index is 1.55. The fourth-order valence-electron chi connectivity index (χ4n) is 2.96. The molecule has 0 saturated carbocycles. The van der Waals surface area contributed by atoms with Crippen LogP contribution in [0.25, 0.3) is 20.8 Å². The van der Waals surface area contributed by atoms with Gasteiger partial charge >= 0.3 is 0 Å². The smallest absolute Gasteiger partial charge is 0.256 e. The van der Waals surface area contributed by atoms with Crippen molar-refractivity contribution in [2.75, 3.05) is 12.4 Å². The number of para-hydroxylation sites is 1. The third-order valence-corrected chi connectivity index (χ3v) is 8.88. The summed E-state index contributed by atoms with van der Waals surface area (Å²) in [5.74, 6) is -0.300. The summed E-state index contributed by atoms with van der Waals surface area (Å²) in [6.07, 6.45) is 0. The maximum absolute atomic E-state index is 12.8. The van der Waals surface area contributed by atoms with Gasteiger partial charge in [-0.25, -0.2) is 13.4 Å². The first kappa shape index (κ1) is 21.6. The Morgan fingerprint density at radius 1 is 1.06 bits per heavy atom. The lowest BCUT2D eigenvalue weighted by Crippen LogP contribution is -2.33. The summed E-state index contributed by atoms with van der Waals surface area (Å²) in [5.41, 5.74) is 2.18. The molecule has 0 spiro atoms. The number of carbonyl (C=O) groups is 1. The third kappa shape index (κ3) is 4.27. The number of sulfonamides is 1. The molecule has 1 amide bonds. The van der Waals surface area contributed by atoms with Crippen LogP contribution in [0.15, 0.2) is 64.9 Å². The standard InChI is InChI=1S/C22H21N3O3S3/c1-14(2)25(3)31(27,28)16-10-8-15(9-11-16)20(26)24-21-17(12-13-29-21)22-23-18-6-4-5-7-19(18)30-22/h4-14H,1-3H3,(H,24,26). The quantitative estimate of drug-likeness (QED) is 0.413. The van der Waals surface area contributed by atoms with Crippen molar-refractivity contribution in [3.05, 3.63) is 65.5 Å². The number of benzene rings is 2. The molecule has 6 nitrogen and oxygen atoms in total. The molecule has 2 aromatic carbocycles. The third-order valence-electron chi connectivity index (χ3n) is 4.94.